The second-order valence-electron chi connectivity index (χ2n) is 14.9. The van der Waals surface area contributed by atoms with Crippen molar-refractivity contribution in [3.05, 3.63) is 161 Å². The number of hydrogen-bond acceptors (Lipinski definition) is 1. The molecule has 2 nitrogen and oxygen atoms in total. The average Bonchev–Trinajstić information content (AvgIpc) is 3.45. The lowest BCUT2D eigenvalue weighted by Gasteiger charge is -2.42. The minimum atomic E-state index is -0.132. The SMILES string of the molecule is CC1(C)c2cccc3c2-n2c4c1cccc4c1cc(-c4ccc5cc(N(C6=CCCC=C6)c6ccccc6)ccc5c4)cc(c12)C3(C)C. The van der Waals surface area contributed by atoms with Crippen LogP contribution in [0.1, 0.15) is 62.8 Å². The number of hydrogen-bond donors (Lipinski definition) is 0. The molecule has 3 aliphatic rings. The Morgan fingerprint density at radius 1 is 0.542 bits per heavy atom. The van der Waals surface area contributed by atoms with Crippen molar-refractivity contribution in [1.82, 2.24) is 4.57 Å². The number of anilines is 2. The third-order valence-corrected chi connectivity index (χ3v) is 11.5. The molecular formula is C46H38N2. The molecule has 10 rings (SSSR count). The third-order valence-electron chi connectivity index (χ3n) is 11.5. The Morgan fingerprint density at radius 2 is 1.25 bits per heavy atom. The molecule has 0 N–H and O–H groups in total. The van der Waals surface area contributed by atoms with Crippen LogP contribution in [0.4, 0.5) is 11.4 Å². The Kier molecular flexibility index (Phi) is 5.55. The van der Waals surface area contributed by atoms with Crippen molar-refractivity contribution in [1.29, 1.82) is 0 Å². The van der Waals surface area contributed by atoms with Crippen LogP contribution < -0.4 is 4.90 Å². The highest BCUT2D eigenvalue weighted by molar-refractivity contribution is 6.15. The van der Waals surface area contributed by atoms with Crippen molar-refractivity contribution in [2.75, 3.05) is 4.90 Å². The smallest absolute Gasteiger partial charge is 0.0582 e. The van der Waals surface area contributed by atoms with Crippen LogP contribution in [0, 0.1) is 0 Å². The molecule has 1 aromatic heterocycles. The molecule has 0 atom stereocenters. The maximum atomic E-state index is 2.61. The lowest BCUT2D eigenvalue weighted by atomic mass is 9.68. The Hall–Kier alpha value is -5.34. The first-order valence-electron chi connectivity index (χ1n) is 17.3. The zero-order valence-corrected chi connectivity index (χ0v) is 28.0. The predicted molar refractivity (Wildman–Crippen MR) is 203 cm³/mol. The largest absolute Gasteiger partial charge is 0.311 e. The predicted octanol–water partition coefficient (Wildman–Crippen LogP) is 12.3. The van der Waals surface area contributed by atoms with Gasteiger partial charge in [-0.2, -0.15) is 0 Å². The van der Waals surface area contributed by atoms with Crippen LogP contribution in [0.5, 0.6) is 0 Å². The number of fused-ring (bicyclic) bond motifs is 2. The fourth-order valence-corrected chi connectivity index (χ4v) is 8.99. The van der Waals surface area contributed by atoms with Crippen LogP contribution in [0.3, 0.4) is 0 Å². The maximum absolute atomic E-state index is 2.61. The highest BCUT2D eigenvalue weighted by atomic mass is 15.1. The first-order chi connectivity index (χ1) is 23.3. The van der Waals surface area contributed by atoms with E-state index in [9.17, 15) is 0 Å². The lowest BCUT2D eigenvalue weighted by molar-refractivity contribution is 0.594. The van der Waals surface area contributed by atoms with E-state index in [0.717, 1.165) is 12.8 Å². The van der Waals surface area contributed by atoms with Gasteiger partial charge in [-0.25, -0.2) is 0 Å². The average molecular weight is 619 g/mol. The highest BCUT2D eigenvalue weighted by Gasteiger charge is 2.43. The van der Waals surface area contributed by atoms with Crippen LogP contribution in [-0.4, -0.2) is 4.57 Å². The summed E-state index contributed by atoms with van der Waals surface area (Å²) in [5.41, 5.74) is 15.8. The van der Waals surface area contributed by atoms with Crippen LogP contribution in [-0.2, 0) is 10.8 Å². The molecular weight excluding hydrogens is 581 g/mol. The normalized spacial score (nSPS) is 16.5. The molecule has 3 heterocycles. The van der Waals surface area contributed by atoms with Gasteiger partial charge >= 0.3 is 0 Å². The van der Waals surface area contributed by atoms with E-state index in [-0.39, 0.29) is 10.8 Å². The Balaban J connectivity index is 1.16. The van der Waals surface area contributed by atoms with Crippen molar-refractivity contribution in [2.45, 2.75) is 51.4 Å². The van der Waals surface area contributed by atoms with Gasteiger partial charge in [0.25, 0.3) is 0 Å². The Bertz CT molecular complexity index is 2560. The standard InChI is InChI=1S/C46H38N2/c1-45(2)38-18-11-17-36-37-27-32(28-41-43(37)48(42(36)38)44-39(45)19-12-20-40(44)46(41,3)4)30-21-22-31-26-35(24-23-29(31)25-30)47(33-13-7-5-8-14-33)34-15-9-6-10-16-34/h5,7-9,11-28H,6,10H2,1-4H3. The zero-order chi connectivity index (χ0) is 32.4. The summed E-state index contributed by atoms with van der Waals surface area (Å²) in [6, 6.07) is 43.5. The van der Waals surface area contributed by atoms with Gasteiger partial charge in [-0.3, -0.25) is 0 Å². The number of allylic oxidation sites excluding steroid dienone is 3. The summed E-state index contributed by atoms with van der Waals surface area (Å²) in [4.78, 5) is 2.38. The molecule has 0 spiro atoms. The summed E-state index contributed by atoms with van der Waals surface area (Å²) in [6.07, 6.45) is 9.07. The van der Waals surface area contributed by atoms with Gasteiger partial charge in [0, 0.05) is 38.7 Å². The van der Waals surface area contributed by atoms with Gasteiger partial charge in [0.15, 0.2) is 0 Å². The Morgan fingerprint density at radius 3 is 2.04 bits per heavy atom. The molecule has 0 fully saturated rings. The molecule has 7 aromatic rings. The fourth-order valence-electron chi connectivity index (χ4n) is 8.99. The topological polar surface area (TPSA) is 8.17 Å². The summed E-state index contributed by atoms with van der Waals surface area (Å²) in [6.45, 7) is 9.63. The second-order valence-corrected chi connectivity index (χ2v) is 14.9. The minimum absolute atomic E-state index is 0.0667. The summed E-state index contributed by atoms with van der Waals surface area (Å²) in [7, 11) is 0. The molecule has 2 heteroatoms. The van der Waals surface area contributed by atoms with Gasteiger partial charge in [-0.15, -0.1) is 0 Å². The van der Waals surface area contributed by atoms with E-state index >= 15 is 0 Å². The van der Waals surface area contributed by atoms with E-state index in [1.54, 1.807) is 0 Å². The molecule has 0 bridgehead atoms. The van der Waals surface area contributed by atoms with Gasteiger partial charge in [-0.1, -0.05) is 113 Å². The van der Waals surface area contributed by atoms with Crippen LogP contribution in [0.2, 0.25) is 0 Å². The first-order valence-corrected chi connectivity index (χ1v) is 17.3. The summed E-state index contributed by atoms with van der Waals surface area (Å²) < 4.78 is 2.61. The van der Waals surface area contributed by atoms with Crippen LogP contribution in [0.25, 0.3) is 49.4 Å². The van der Waals surface area contributed by atoms with Gasteiger partial charge in [0.2, 0.25) is 0 Å². The van der Waals surface area contributed by atoms with Crippen LogP contribution in [0.15, 0.2) is 139 Å². The van der Waals surface area contributed by atoms with E-state index in [1.807, 2.05) is 0 Å². The molecule has 1 aliphatic carbocycles. The van der Waals surface area contributed by atoms with E-state index in [0.29, 0.717) is 0 Å². The van der Waals surface area contributed by atoms with Gasteiger partial charge < -0.3 is 9.47 Å². The fraction of sp³-hybridized carbons (Fsp3) is 0.174. The van der Waals surface area contributed by atoms with Gasteiger partial charge in [0.05, 0.1) is 16.7 Å². The van der Waals surface area contributed by atoms with Crippen molar-refractivity contribution >= 4 is 44.0 Å². The number of benzene rings is 6. The van der Waals surface area contributed by atoms with Crippen molar-refractivity contribution < 1.29 is 0 Å². The zero-order valence-electron chi connectivity index (χ0n) is 28.0. The monoisotopic (exact) mass is 618 g/mol. The van der Waals surface area contributed by atoms with Crippen molar-refractivity contribution in [3.8, 4) is 16.8 Å². The molecule has 0 saturated heterocycles. The summed E-state index contributed by atoms with van der Waals surface area (Å²) in [5.74, 6) is 0. The van der Waals surface area contributed by atoms with Crippen molar-refractivity contribution in [2.24, 2.45) is 0 Å². The number of rotatable bonds is 4. The minimum Gasteiger partial charge on any atom is -0.311 e. The first kappa shape index (κ1) is 27.7. The molecule has 232 valence electrons. The molecule has 2 aliphatic heterocycles. The molecule has 48 heavy (non-hydrogen) atoms. The quantitative estimate of drug-likeness (QED) is 0.190. The van der Waals surface area contributed by atoms with Gasteiger partial charge in [0.1, 0.15) is 0 Å². The van der Waals surface area contributed by atoms with E-state index < -0.39 is 0 Å². The molecule has 0 unspecified atom stereocenters. The number of para-hydroxylation sites is 3. The van der Waals surface area contributed by atoms with E-state index in [1.165, 1.54) is 88.7 Å². The number of nitrogens with zero attached hydrogens (tertiary/aromatic N) is 2. The number of aromatic nitrogens is 1. The molecule has 0 amide bonds. The summed E-state index contributed by atoms with van der Waals surface area (Å²) in [5, 5.41) is 5.21. The molecule has 0 saturated carbocycles. The second kappa shape index (κ2) is 9.61. The lowest BCUT2D eigenvalue weighted by Crippen LogP contribution is -2.33. The van der Waals surface area contributed by atoms with E-state index in [2.05, 4.69) is 171 Å². The van der Waals surface area contributed by atoms with E-state index in [4.69, 9.17) is 0 Å². The van der Waals surface area contributed by atoms with Crippen molar-refractivity contribution in [3.63, 3.8) is 0 Å². The summed E-state index contributed by atoms with van der Waals surface area (Å²) >= 11 is 0. The van der Waals surface area contributed by atoms with Gasteiger partial charge in [-0.05, 0) is 106 Å². The molecule has 0 radical (unpaired) electrons. The molecule has 6 aromatic carbocycles. The third kappa shape index (κ3) is 3.63. The highest BCUT2D eigenvalue weighted by Crippen LogP contribution is 2.55. The van der Waals surface area contributed by atoms with Crippen LogP contribution >= 0.6 is 0 Å². The Labute approximate surface area is 282 Å². The maximum Gasteiger partial charge on any atom is 0.0582 e.